The third-order valence-corrected chi connectivity index (χ3v) is 6.50. The molecule has 1 aliphatic rings. The summed E-state index contributed by atoms with van der Waals surface area (Å²) in [6.07, 6.45) is 1.94. The molecule has 1 heterocycles. The fourth-order valence-corrected chi connectivity index (χ4v) is 4.35. The predicted molar refractivity (Wildman–Crippen MR) is 119 cm³/mol. The van der Waals surface area contributed by atoms with Crippen LogP contribution in [0.4, 0.5) is 15.2 Å². The second-order valence-corrected chi connectivity index (χ2v) is 9.35. The molecule has 0 aliphatic heterocycles. The summed E-state index contributed by atoms with van der Waals surface area (Å²) < 4.78 is 13.1. The van der Waals surface area contributed by atoms with Crippen LogP contribution in [-0.2, 0) is 9.59 Å². The van der Waals surface area contributed by atoms with E-state index in [1.165, 1.54) is 35.2 Å². The molecule has 1 unspecified atom stereocenters. The van der Waals surface area contributed by atoms with Gasteiger partial charge >= 0.3 is 0 Å². The number of hydrogen-bond donors (Lipinski definition) is 2. The van der Waals surface area contributed by atoms with Crippen molar-refractivity contribution in [2.24, 2.45) is 5.92 Å². The summed E-state index contributed by atoms with van der Waals surface area (Å²) in [6, 6.07) is 13.6. The number of carbonyl (C=O) groups excluding carboxylic acids is 2. The Morgan fingerprint density at radius 3 is 2.47 bits per heavy atom. The smallest absolute Gasteiger partial charge is 0.239 e. The molecule has 1 aromatic heterocycles. The molecule has 5 nitrogen and oxygen atoms in total. The van der Waals surface area contributed by atoms with Gasteiger partial charge in [0.15, 0.2) is 5.13 Å². The number of thiazole rings is 1. The highest BCUT2D eigenvalue weighted by molar-refractivity contribution is 8.00. The first-order valence-electron chi connectivity index (χ1n) is 9.58. The fourth-order valence-electron chi connectivity index (χ4n) is 2.76. The number of thioether (sulfide) groups is 1. The van der Waals surface area contributed by atoms with Crippen LogP contribution < -0.4 is 10.6 Å². The van der Waals surface area contributed by atoms with Crippen molar-refractivity contribution in [1.82, 2.24) is 4.98 Å². The van der Waals surface area contributed by atoms with Crippen LogP contribution in [0.3, 0.4) is 0 Å². The van der Waals surface area contributed by atoms with E-state index in [-0.39, 0.29) is 28.8 Å². The molecule has 8 heteroatoms. The first-order valence-corrected chi connectivity index (χ1v) is 11.3. The molecule has 1 atom stereocenters. The van der Waals surface area contributed by atoms with E-state index >= 15 is 0 Å². The van der Waals surface area contributed by atoms with Crippen molar-refractivity contribution < 1.29 is 14.0 Å². The minimum Gasteiger partial charge on any atom is -0.326 e. The molecule has 2 aromatic carbocycles. The van der Waals surface area contributed by atoms with Gasteiger partial charge in [-0.05, 0) is 68.3 Å². The maximum absolute atomic E-state index is 13.1. The van der Waals surface area contributed by atoms with E-state index in [1.807, 2.05) is 36.6 Å². The minimum atomic E-state index is -0.324. The van der Waals surface area contributed by atoms with Crippen LogP contribution in [0.15, 0.2) is 58.8 Å². The fraction of sp³-hybridized carbons (Fsp3) is 0.227. The van der Waals surface area contributed by atoms with Crippen molar-refractivity contribution >= 4 is 45.7 Å². The van der Waals surface area contributed by atoms with Gasteiger partial charge in [-0.2, -0.15) is 0 Å². The minimum absolute atomic E-state index is 0.0756. The largest absolute Gasteiger partial charge is 0.326 e. The number of nitrogens with zero attached hydrogens (tertiary/aromatic N) is 1. The quantitative estimate of drug-likeness (QED) is 0.481. The van der Waals surface area contributed by atoms with Gasteiger partial charge in [-0.1, -0.05) is 0 Å². The highest BCUT2D eigenvalue weighted by Gasteiger charge is 2.29. The number of nitrogens with one attached hydrogen (secondary N) is 2. The molecule has 2 N–H and O–H groups in total. The Hall–Kier alpha value is -2.71. The van der Waals surface area contributed by atoms with Gasteiger partial charge in [-0.15, -0.1) is 23.1 Å². The molecular weight excluding hydrogens is 421 g/mol. The molecule has 1 saturated carbocycles. The van der Waals surface area contributed by atoms with Crippen molar-refractivity contribution in [2.75, 3.05) is 10.6 Å². The van der Waals surface area contributed by atoms with E-state index in [4.69, 9.17) is 0 Å². The summed E-state index contributed by atoms with van der Waals surface area (Å²) in [5.74, 6) is -0.207. The van der Waals surface area contributed by atoms with Crippen LogP contribution in [0.2, 0.25) is 0 Å². The molecule has 0 saturated heterocycles. The predicted octanol–water partition coefficient (Wildman–Crippen LogP) is 5.42. The van der Waals surface area contributed by atoms with Crippen molar-refractivity contribution in [3.05, 3.63) is 59.7 Å². The molecule has 154 valence electrons. The summed E-state index contributed by atoms with van der Waals surface area (Å²) in [6.45, 7) is 1.83. The maximum Gasteiger partial charge on any atom is 0.239 e. The van der Waals surface area contributed by atoms with Crippen LogP contribution in [0, 0.1) is 11.7 Å². The monoisotopic (exact) mass is 441 g/mol. The number of anilines is 2. The molecular formula is C22H20FN3O2S2. The van der Waals surface area contributed by atoms with Gasteiger partial charge in [-0.3, -0.25) is 9.59 Å². The van der Waals surface area contributed by atoms with Crippen LogP contribution in [-0.4, -0.2) is 22.0 Å². The zero-order chi connectivity index (χ0) is 21.1. The second-order valence-electron chi connectivity index (χ2n) is 7.08. The van der Waals surface area contributed by atoms with Gasteiger partial charge in [0, 0.05) is 27.4 Å². The lowest BCUT2D eigenvalue weighted by Crippen LogP contribution is -2.22. The number of amides is 2. The Balaban J connectivity index is 1.31. The number of rotatable bonds is 7. The summed E-state index contributed by atoms with van der Waals surface area (Å²) in [7, 11) is 0. The average Bonchev–Trinajstić information content (AvgIpc) is 3.50. The molecule has 4 rings (SSSR count). The topological polar surface area (TPSA) is 71.1 Å². The molecule has 1 aliphatic carbocycles. The summed E-state index contributed by atoms with van der Waals surface area (Å²) in [4.78, 5) is 29.7. The Labute approximate surface area is 182 Å². The first kappa shape index (κ1) is 20.6. The molecule has 0 spiro atoms. The lowest BCUT2D eigenvalue weighted by Gasteiger charge is -2.11. The van der Waals surface area contributed by atoms with E-state index in [1.54, 1.807) is 12.1 Å². The number of halogens is 1. The first-order chi connectivity index (χ1) is 14.5. The van der Waals surface area contributed by atoms with Crippen LogP contribution in [0.5, 0.6) is 0 Å². The summed E-state index contributed by atoms with van der Waals surface area (Å²) >= 11 is 2.76. The second kappa shape index (κ2) is 8.97. The summed E-state index contributed by atoms with van der Waals surface area (Å²) in [5, 5.41) is 7.75. The summed E-state index contributed by atoms with van der Waals surface area (Å²) in [5.41, 5.74) is 2.26. The molecule has 3 aromatic rings. The van der Waals surface area contributed by atoms with E-state index < -0.39 is 0 Å². The van der Waals surface area contributed by atoms with E-state index in [9.17, 15) is 14.0 Å². The van der Waals surface area contributed by atoms with Gasteiger partial charge in [-0.25, -0.2) is 9.37 Å². The van der Waals surface area contributed by atoms with Crippen LogP contribution in [0.1, 0.15) is 19.8 Å². The molecule has 30 heavy (non-hydrogen) atoms. The zero-order valence-corrected chi connectivity index (χ0v) is 17.9. The van der Waals surface area contributed by atoms with Gasteiger partial charge in [0.1, 0.15) is 5.82 Å². The van der Waals surface area contributed by atoms with Crippen LogP contribution in [0.25, 0.3) is 11.3 Å². The Morgan fingerprint density at radius 1 is 1.10 bits per heavy atom. The standard InChI is InChI=1S/C22H20FN3O2S2/c1-13(30-18-10-8-17(9-11-18)24-21(28)15-2-3-15)20(27)26-22-25-19(12-29-22)14-4-6-16(23)7-5-14/h4-13,15H,2-3H2,1H3,(H,24,28)(H,25,26,27). The van der Waals surface area contributed by atoms with E-state index in [0.717, 1.165) is 29.0 Å². The molecule has 2 amide bonds. The average molecular weight is 442 g/mol. The number of benzene rings is 2. The van der Waals surface area contributed by atoms with Crippen molar-refractivity contribution in [3.63, 3.8) is 0 Å². The Bertz CT molecular complexity index is 1050. The van der Waals surface area contributed by atoms with Crippen molar-refractivity contribution in [1.29, 1.82) is 0 Å². The van der Waals surface area contributed by atoms with Gasteiger partial charge in [0.05, 0.1) is 10.9 Å². The Morgan fingerprint density at radius 2 is 1.80 bits per heavy atom. The van der Waals surface area contributed by atoms with Gasteiger partial charge in [0.25, 0.3) is 0 Å². The highest BCUT2D eigenvalue weighted by Crippen LogP contribution is 2.31. The Kier molecular flexibility index (Phi) is 6.15. The van der Waals surface area contributed by atoms with Crippen molar-refractivity contribution in [2.45, 2.75) is 29.9 Å². The SMILES string of the molecule is CC(Sc1ccc(NC(=O)C2CC2)cc1)C(=O)Nc1nc(-c2ccc(F)cc2)cs1. The van der Waals surface area contributed by atoms with Gasteiger partial charge in [0.2, 0.25) is 11.8 Å². The third kappa shape index (κ3) is 5.25. The van der Waals surface area contributed by atoms with Gasteiger partial charge < -0.3 is 10.6 Å². The zero-order valence-electron chi connectivity index (χ0n) is 16.2. The lowest BCUT2D eigenvalue weighted by atomic mass is 10.2. The number of aromatic nitrogens is 1. The molecule has 0 bridgehead atoms. The lowest BCUT2D eigenvalue weighted by molar-refractivity contribution is -0.117. The third-order valence-electron chi connectivity index (χ3n) is 4.63. The van der Waals surface area contributed by atoms with E-state index in [2.05, 4.69) is 15.6 Å². The maximum atomic E-state index is 13.1. The highest BCUT2D eigenvalue weighted by atomic mass is 32.2. The van der Waals surface area contributed by atoms with E-state index in [0.29, 0.717) is 10.8 Å². The van der Waals surface area contributed by atoms with Crippen molar-refractivity contribution in [3.8, 4) is 11.3 Å². The molecule has 0 radical (unpaired) electrons. The number of carbonyl (C=O) groups is 2. The normalized spacial score (nSPS) is 14.2. The number of hydrogen-bond acceptors (Lipinski definition) is 5. The molecule has 1 fully saturated rings. The van der Waals surface area contributed by atoms with Crippen LogP contribution >= 0.6 is 23.1 Å².